The van der Waals surface area contributed by atoms with Crippen LogP contribution in [-0.4, -0.2) is 10.8 Å². The van der Waals surface area contributed by atoms with Gasteiger partial charge in [0.1, 0.15) is 5.92 Å². The van der Waals surface area contributed by atoms with Gasteiger partial charge in [0.15, 0.2) is 0 Å². The van der Waals surface area contributed by atoms with Crippen molar-refractivity contribution in [2.24, 2.45) is 5.92 Å². The molecule has 0 spiro atoms. The van der Waals surface area contributed by atoms with Crippen LogP contribution in [0, 0.1) is 5.92 Å². The van der Waals surface area contributed by atoms with Crippen molar-refractivity contribution >= 4 is 16.3 Å². The Bertz CT molecular complexity index is 791. The smallest absolute Gasteiger partial charge is 0.338 e. The first kappa shape index (κ1) is 18.8. The molecule has 0 amide bonds. The maximum atomic E-state index is 11.1. The number of rotatable bonds is 5. The highest BCUT2D eigenvalue weighted by atomic mass is 32.3. The van der Waals surface area contributed by atoms with E-state index in [2.05, 4.69) is 36.4 Å². The predicted molar refractivity (Wildman–Crippen MR) is 116 cm³/mol. The van der Waals surface area contributed by atoms with Gasteiger partial charge < -0.3 is 4.79 Å². The lowest BCUT2D eigenvalue weighted by Crippen LogP contribution is -2.23. The van der Waals surface area contributed by atoms with Gasteiger partial charge in [0.05, 0.1) is 25.0 Å². The summed E-state index contributed by atoms with van der Waals surface area (Å²) in [5.41, 5.74) is 0. The first-order valence-corrected chi connectivity index (χ1v) is 11.6. The lowest BCUT2D eigenvalue weighted by molar-refractivity contribution is 0.357. The van der Waals surface area contributed by atoms with Crippen molar-refractivity contribution in [1.29, 1.82) is 0 Å². The van der Waals surface area contributed by atoms with Gasteiger partial charge in [-0.25, -0.2) is 0 Å². The topological polar surface area (TPSA) is 30.6 Å². The zero-order valence-electron chi connectivity index (χ0n) is 16.0. The van der Waals surface area contributed by atoms with Gasteiger partial charge in [0.2, 0.25) is 0 Å². The van der Waals surface area contributed by atoms with Crippen LogP contribution in [0.2, 0.25) is 0 Å². The van der Waals surface area contributed by atoms with Crippen LogP contribution in [0.3, 0.4) is 0 Å². The third kappa shape index (κ3) is 3.72. The summed E-state index contributed by atoms with van der Waals surface area (Å²) in [5, 5.41) is 0. The fourth-order valence-electron chi connectivity index (χ4n) is 3.93. The fourth-order valence-corrected chi connectivity index (χ4v) is 7.05. The second-order valence-corrected chi connectivity index (χ2v) is 9.95. The lowest BCUT2D eigenvalue weighted by Gasteiger charge is -2.34. The molecular weight excluding hydrogens is 364 g/mol. The molecule has 3 heteroatoms. The first-order valence-electron chi connectivity index (χ1n) is 10.0. The van der Waals surface area contributed by atoms with Gasteiger partial charge in [0, 0.05) is 0 Å². The molecular formula is C25H27O2S+. The minimum Gasteiger partial charge on any atom is -0.338 e. The first-order chi connectivity index (χ1) is 13.8. The highest BCUT2D eigenvalue weighted by Crippen LogP contribution is 2.69. The Morgan fingerprint density at radius 1 is 0.643 bits per heavy atom. The summed E-state index contributed by atoms with van der Waals surface area (Å²) >= 11 is 0. The summed E-state index contributed by atoms with van der Waals surface area (Å²) in [7, 11) is -2.07. The third-order valence-electron chi connectivity index (χ3n) is 5.39. The SMILES string of the molecule is [OH+]=C(OS(c1ccccc1)(c1ccccc1)c1ccccc1)C1CCCCC1. The molecule has 0 bridgehead atoms. The second kappa shape index (κ2) is 8.66. The standard InChI is InChI=1S/C25H26O2S/c26-25(21-13-5-1-6-14-21)27-28(22-15-7-2-8-16-22,23-17-9-3-10-18-23)24-19-11-4-12-20-24/h2-4,7-12,15-21H,1,5-6,13-14H2/p+1. The van der Waals surface area contributed by atoms with Crippen LogP contribution >= 0.6 is 10.3 Å². The Balaban J connectivity index is 1.87. The van der Waals surface area contributed by atoms with Crippen LogP contribution in [0.15, 0.2) is 106 Å². The molecule has 1 saturated carbocycles. The van der Waals surface area contributed by atoms with E-state index in [9.17, 15) is 4.79 Å². The monoisotopic (exact) mass is 391 g/mol. The van der Waals surface area contributed by atoms with Gasteiger partial charge in [-0.1, -0.05) is 73.9 Å². The number of carbonyl (C=O) groups excluding carboxylic acids is 1. The average Bonchev–Trinajstić information content (AvgIpc) is 2.80. The summed E-state index contributed by atoms with van der Waals surface area (Å²) in [6, 6.07) is 31.0. The Morgan fingerprint density at radius 2 is 1.04 bits per heavy atom. The minimum atomic E-state index is -2.07. The van der Waals surface area contributed by atoms with Gasteiger partial charge in [0.25, 0.3) is 0 Å². The molecule has 1 aliphatic carbocycles. The van der Waals surface area contributed by atoms with Crippen molar-refractivity contribution < 1.29 is 8.98 Å². The molecule has 0 aromatic heterocycles. The van der Waals surface area contributed by atoms with E-state index < -0.39 is 10.3 Å². The van der Waals surface area contributed by atoms with Gasteiger partial charge >= 0.3 is 5.97 Å². The van der Waals surface area contributed by atoms with E-state index >= 15 is 0 Å². The Hall–Kier alpha value is -2.52. The highest BCUT2D eigenvalue weighted by molar-refractivity contribution is 8.30. The van der Waals surface area contributed by atoms with Crippen molar-refractivity contribution in [2.45, 2.75) is 46.8 Å². The quantitative estimate of drug-likeness (QED) is 0.431. The molecule has 28 heavy (non-hydrogen) atoms. The Labute approximate surface area is 169 Å². The Kier molecular flexibility index (Phi) is 5.82. The average molecular weight is 392 g/mol. The summed E-state index contributed by atoms with van der Waals surface area (Å²) in [5.74, 6) is 0.322. The molecule has 3 aromatic carbocycles. The van der Waals surface area contributed by atoms with E-state index in [0.717, 1.165) is 40.4 Å². The molecule has 0 radical (unpaired) electrons. The van der Waals surface area contributed by atoms with Crippen LogP contribution in [0.25, 0.3) is 0 Å². The molecule has 1 fully saturated rings. The van der Waals surface area contributed by atoms with Crippen LogP contribution in [0.5, 0.6) is 0 Å². The third-order valence-corrected chi connectivity index (χ3v) is 8.62. The van der Waals surface area contributed by atoms with Crippen molar-refractivity contribution in [3.05, 3.63) is 91.0 Å². The van der Waals surface area contributed by atoms with Gasteiger partial charge in [-0.3, -0.25) is 4.18 Å². The van der Waals surface area contributed by atoms with E-state index in [0.29, 0.717) is 0 Å². The number of hydrogen-bond acceptors (Lipinski definition) is 1. The summed E-state index contributed by atoms with van der Waals surface area (Å²) in [6.45, 7) is 0. The molecule has 0 heterocycles. The zero-order valence-corrected chi connectivity index (χ0v) is 16.9. The second-order valence-electron chi connectivity index (χ2n) is 7.25. The maximum absolute atomic E-state index is 11.1. The van der Waals surface area contributed by atoms with Crippen LogP contribution in [0.4, 0.5) is 0 Å². The maximum Gasteiger partial charge on any atom is 0.499 e. The fraction of sp³-hybridized carbons (Fsp3) is 0.240. The zero-order chi connectivity index (χ0) is 19.2. The van der Waals surface area contributed by atoms with Gasteiger partial charge in [-0.05, 0) is 49.2 Å². The van der Waals surface area contributed by atoms with E-state index in [4.69, 9.17) is 4.18 Å². The molecule has 4 rings (SSSR count). The van der Waals surface area contributed by atoms with Crippen LogP contribution < -0.4 is 0 Å². The molecule has 144 valence electrons. The molecule has 2 nitrogen and oxygen atoms in total. The molecule has 0 aliphatic heterocycles. The van der Waals surface area contributed by atoms with E-state index in [1.807, 2.05) is 54.6 Å². The van der Waals surface area contributed by atoms with Crippen molar-refractivity contribution in [3.63, 3.8) is 0 Å². The molecule has 0 saturated heterocycles. The Morgan fingerprint density at radius 3 is 1.43 bits per heavy atom. The number of benzene rings is 3. The number of hydrogen-bond donors (Lipinski definition) is 0. The van der Waals surface area contributed by atoms with E-state index in [-0.39, 0.29) is 11.9 Å². The van der Waals surface area contributed by atoms with Crippen LogP contribution in [0.1, 0.15) is 32.1 Å². The predicted octanol–water partition coefficient (Wildman–Crippen LogP) is 6.98. The largest absolute Gasteiger partial charge is 0.499 e. The van der Waals surface area contributed by atoms with Crippen molar-refractivity contribution in [2.75, 3.05) is 0 Å². The highest BCUT2D eigenvalue weighted by Gasteiger charge is 2.44. The minimum absolute atomic E-state index is 0.122. The van der Waals surface area contributed by atoms with Crippen molar-refractivity contribution in [3.8, 4) is 0 Å². The molecule has 0 atom stereocenters. The molecule has 3 aromatic rings. The normalized spacial score (nSPS) is 15.7. The summed E-state index contributed by atoms with van der Waals surface area (Å²) < 4.78 is 6.69. The summed E-state index contributed by atoms with van der Waals surface area (Å²) in [4.78, 5) is 14.4. The molecule has 1 aliphatic rings. The lowest BCUT2D eigenvalue weighted by atomic mass is 9.90. The van der Waals surface area contributed by atoms with Gasteiger partial charge in [-0.2, -0.15) is 0 Å². The molecule has 1 N–H and O–H groups in total. The van der Waals surface area contributed by atoms with Crippen LogP contribution in [-0.2, 0) is 4.18 Å². The van der Waals surface area contributed by atoms with E-state index in [1.54, 1.807) is 0 Å². The van der Waals surface area contributed by atoms with E-state index in [1.165, 1.54) is 6.42 Å². The van der Waals surface area contributed by atoms with Gasteiger partial charge in [-0.15, -0.1) is 0 Å². The van der Waals surface area contributed by atoms with Crippen molar-refractivity contribution in [1.82, 2.24) is 0 Å². The molecule has 0 unspecified atom stereocenters. The summed E-state index contributed by atoms with van der Waals surface area (Å²) in [6.07, 6.45) is 5.56.